The van der Waals surface area contributed by atoms with E-state index in [4.69, 9.17) is 0 Å². The van der Waals surface area contributed by atoms with Gasteiger partial charge < -0.3 is 10.2 Å². The summed E-state index contributed by atoms with van der Waals surface area (Å²) in [6.07, 6.45) is -13.4. The van der Waals surface area contributed by atoms with Crippen molar-refractivity contribution >= 4 is 15.9 Å². The number of halogens is 7. The molecule has 0 aliphatic rings. The minimum Gasteiger partial charge on any atom is -0.389 e. The van der Waals surface area contributed by atoms with Gasteiger partial charge in [0.1, 0.15) is 6.10 Å². The summed E-state index contributed by atoms with van der Waals surface area (Å²) < 4.78 is 75.4. The molecule has 2 nitrogen and oxygen atoms in total. The van der Waals surface area contributed by atoms with E-state index in [1.54, 1.807) is 0 Å². The zero-order valence-corrected chi connectivity index (χ0v) is 11.2. The summed E-state index contributed by atoms with van der Waals surface area (Å²) in [5.74, 6) is 0. The highest BCUT2D eigenvalue weighted by molar-refractivity contribution is 9.09. The van der Waals surface area contributed by atoms with Gasteiger partial charge in [0.2, 0.25) is 0 Å². The molecule has 9 heteroatoms. The number of aliphatic hydroxyl groups is 2. The molecule has 0 bridgehead atoms. The SMILES string of the molecule is OC(CBr)C(O)c1cc(C(F)(F)F)cc(C(F)(F)F)c1. The lowest BCUT2D eigenvalue weighted by molar-refractivity contribution is -0.143. The molecule has 20 heavy (non-hydrogen) atoms. The number of alkyl halides is 7. The van der Waals surface area contributed by atoms with Crippen molar-refractivity contribution in [2.45, 2.75) is 24.6 Å². The molecule has 0 fully saturated rings. The smallest absolute Gasteiger partial charge is 0.389 e. The lowest BCUT2D eigenvalue weighted by Crippen LogP contribution is -2.21. The fourth-order valence-corrected chi connectivity index (χ4v) is 1.81. The van der Waals surface area contributed by atoms with Gasteiger partial charge in [0, 0.05) is 5.33 Å². The van der Waals surface area contributed by atoms with E-state index in [1.807, 2.05) is 0 Å². The van der Waals surface area contributed by atoms with Gasteiger partial charge in [0.25, 0.3) is 0 Å². The minimum atomic E-state index is -4.99. The van der Waals surface area contributed by atoms with Gasteiger partial charge in [0.05, 0.1) is 17.2 Å². The van der Waals surface area contributed by atoms with Crippen LogP contribution in [0.15, 0.2) is 18.2 Å². The molecule has 2 N–H and O–H groups in total. The van der Waals surface area contributed by atoms with Crippen LogP contribution in [0, 0.1) is 0 Å². The first-order chi connectivity index (χ1) is 8.96. The quantitative estimate of drug-likeness (QED) is 0.634. The number of benzene rings is 1. The molecule has 0 aliphatic carbocycles. The van der Waals surface area contributed by atoms with E-state index in [1.165, 1.54) is 0 Å². The Morgan fingerprint density at radius 2 is 1.30 bits per heavy atom. The van der Waals surface area contributed by atoms with Gasteiger partial charge in [-0.05, 0) is 23.8 Å². The van der Waals surface area contributed by atoms with Crippen LogP contribution in [0.5, 0.6) is 0 Å². The molecule has 0 spiro atoms. The van der Waals surface area contributed by atoms with E-state index in [9.17, 15) is 36.6 Å². The standard InChI is InChI=1S/C11H9BrF6O2/c12-4-8(19)9(20)5-1-6(10(13,14)15)3-7(2-5)11(16,17)18/h1-3,8-9,19-20H,4H2. The fourth-order valence-electron chi connectivity index (χ4n) is 1.46. The van der Waals surface area contributed by atoms with E-state index >= 15 is 0 Å². The van der Waals surface area contributed by atoms with Gasteiger partial charge in [-0.3, -0.25) is 0 Å². The van der Waals surface area contributed by atoms with E-state index in [-0.39, 0.29) is 11.4 Å². The van der Waals surface area contributed by atoms with Gasteiger partial charge in [-0.2, -0.15) is 26.3 Å². The van der Waals surface area contributed by atoms with E-state index in [2.05, 4.69) is 15.9 Å². The molecule has 114 valence electrons. The summed E-state index contributed by atoms with van der Waals surface area (Å²) in [6.45, 7) is 0. The zero-order chi connectivity index (χ0) is 15.7. The summed E-state index contributed by atoms with van der Waals surface area (Å²) in [5, 5.41) is 18.7. The minimum absolute atomic E-state index is 0.0449. The Balaban J connectivity index is 3.38. The van der Waals surface area contributed by atoms with Crippen molar-refractivity contribution in [2.75, 3.05) is 5.33 Å². The Morgan fingerprint density at radius 3 is 1.60 bits per heavy atom. The third-order valence-corrected chi connectivity index (χ3v) is 3.14. The van der Waals surface area contributed by atoms with Crippen LogP contribution < -0.4 is 0 Å². The van der Waals surface area contributed by atoms with Crippen LogP contribution in [-0.4, -0.2) is 21.6 Å². The molecular formula is C11H9BrF6O2. The first kappa shape index (κ1) is 17.3. The van der Waals surface area contributed by atoms with Crippen molar-refractivity contribution in [2.24, 2.45) is 0 Å². The van der Waals surface area contributed by atoms with Crippen molar-refractivity contribution in [1.82, 2.24) is 0 Å². The Labute approximate surface area is 118 Å². The molecule has 0 radical (unpaired) electrons. The first-order valence-corrected chi connectivity index (χ1v) is 6.30. The second-order valence-corrected chi connectivity index (χ2v) is 4.65. The van der Waals surface area contributed by atoms with Gasteiger partial charge >= 0.3 is 12.4 Å². The molecular weight excluding hydrogens is 358 g/mol. The maximum Gasteiger partial charge on any atom is 0.416 e. The van der Waals surface area contributed by atoms with Gasteiger partial charge in [-0.25, -0.2) is 0 Å². The average Bonchev–Trinajstić information content (AvgIpc) is 2.34. The highest BCUT2D eigenvalue weighted by Gasteiger charge is 2.37. The Hall–Kier alpha value is -0.800. The summed E-state index contributed by atoms with van der Waals surface area (Å²) in [7, 11) is 0. The third-order valence-electron chi connectivity index (χ3n) is 2.47. The summed E-state index contributed by atoms with van der Waals surface area (Å²) in [6, 6.07) is 0.717. The van der Waals surface area contributed by atoms with Crippen molar-refractivity contribution in [3.8, 4) is 0 Å². The molecule has 0 saturated heterocycles. The highest BCUT2D eigenvalue weighted by Crippen LogP contribution is 2.37. The molecule has 2 unspecified atom stereocenters. The molecule has 1 aromatic rings. The topological polar surface area (TPSA) is 40.5 Å². The van der Waals surface area contributed by atoms with Gasteiger partial charge in [-0.15, -0.1) is 0 Å². The zero-order valence-electron chi connectivity index (χ0n) is 9.63. The van der Waals surface area contributed by atoms with Crippen LogP contribution in [0.3, 0.4) is 0 Å². The molecule has 0 amide bonds. The number of hydrogen-bond donors (Lipinski definition) is 2. The van der Waals surface area contributed by atoms with Gasteiger partial charge in [0.15, 0.2) is 0 Å². The first-order valence-electron chi connectivity index (χ1n) is 5.18. The summed E-state index contributed by atoms with van der Waals surface area (Å²) in [5.41, 5.74) is -3.73. The molecule has 2 atom stereocenters. The molecule has 0 aromatic heterocycles. The largest absolute Gasteiger partial charge is 0.416 e. The van der Waals surface area contributed by atoms with Crippen LogP contribution in [-0.2, 0) is 12.4 Å². The monoisotopic (exact) mass is 366 g/mol. The summed E-state index contributed by atoms with van der Waals surface area (Å²) in [4.78, 5) is 0. The predicted octanol–water partition coefficient (Wildman–Crippen LogP) is 3.51. The van der Waals surface area contributed by atoms with Crippen molar-refractivity contribution < 1.29 is 36.6 Å². The Morgan fingerprint density at radius 1 is 0.900 bits per heavy atom. The Bertz CT molecular complexity index is 439. The van der Waals surface area contributed by atoms with Crippen LogP contribution in [0.4, 0.5) is 26.3 Å². The lowest BCUT2D eigenvalue weighted by atomic mass is 9.99. The van der Waals surface area contributed by atoms with E-state index in [0.717, 1.165) is 0 Å². The van der Waals surface area contributed by atoms with E-state index < -0.39 is 41.3 Å². The number of aliphatic hydroxyl groups excluding tert-OH is 2. The Kier molecular flexibility index (Phi) is 5.09. The third kappa shape index (κ3) is 4.10. The maximum atomic E-state index is 12.6. The molecule has 0 saturated carbocycles. The van der Waals surface area contributed by atoms with Crippen LogP contribution in [0.2, 0.25) is 0 Å². The lowest BCUT2D eigenvalue weighted by Gasteiger charge is -2.19. The van der Waals surface area contributed by atoms with Crippen molar-refractivity contribution in [1.29, 1.82) is 0 Å². The van der Waals surface area contributed by atoms with Crippen LogP contribution in [0.25, 0.3) is 0 Å². The molecule has 0 aliphatic heterocycles. The van der Waals surface area contributed by atoms with Crippen LogP contribution in [0.1, 0.15) is 22.8 Å². The maximum absolute atomic E-state index is 12.6. The highest BCUT2D eigenvalue weighted by atomic mass is 79.9. The van der Waals surface area contributed by atoms with Gasteiger partial charge in [-0.1, -0.05) is 15.9 Å². The normalized spacial score (nSPS) is 16.1. The summed E-state index contributed by atoms with van der Waals surface area (Å²) >= 11 is 2.77. The average molecular weight is 367 g/mol. The predicted molar refractivity (Wildman–Crippen MR) is 61.2 cm³/mol. The molecule has 1 rings (SSSR count). The second-order valence-electron chi connectivity index (χ2n) is 4.01. The van der Waals surface area contributed by atoms with Crippen LogP contribution >= 0.6 is 15.9 Å². The molecule has 0 heterocycles. The number of hydrogen-bond acceptors (Lipinski definition) is 2. The fraction of sp³-hybridized carbons (Fsp3) is 0.455. The van der Waals surface area contributed by atoms with Crippen molar-refractivity contribution in [3.63, 3.8) is 0 Å². The van der Waals surface area contributed by atoms with Crippen molar-refractivity contribution in [3.05, 3.63) is 34.9 Å². The number of rotatable bonds is 3. The van der Waals surface area contributed by atoms with E-state index in [0.29, 0.717) is 12.1 Å². The second kappa shape index (κ2) is 5.90. The molecule has 1 aromatic carbocycles.